The molecule has 2 aromatic rings. The van der Waals surface area contributed by atoms with E-state index in [1.54, 1.807) is 42.5 Å². The molecule has 5 nitrogen and oxygen atoms in total. The van der Waals surface area contributed by atoms with E-state index in [2.05, 4.69) is 6.07 Å². The van der Waals surface area contributed by atoms with Gasteiger partial charge in [0.15, 0.2) is 0 Å². The number of aliphatic hydroxyl groups excluding tert-OH is 1. The molecule has 0 saturated carbocycles. The smallest absolute Gasteiger partial charge is 0.457 e. The van der Waals surface area contributed by atoms with Crippen molar-refractivity contribution < 1.29 is 19.2 Å². The van der Waals surface area contributed by atoms with Gasteiger partial charge >= 0.3 is 7.12 Å². The van der Waals surface area contributed by atoms with Gasteiger partial charge in [-0.2, -0.15) is 5.26 Å². The van der Waals surface area contributed by atoms with Gasteiger partial charge in [0, 0.05) is 14.2 Å². The molecule has 2 aromatic carbocycles. The molecule has 0 fully saturated rings. The molecular formula is C16H16BNO4. The summed E-state index contributed by atoms with van der Waals surface area (Å²) in [5.41, 5.74) is 1.99. The lowest BCUT2D eigenvalue weighted by Crippen LogP contribution is -2.37. The number of benzene rings is 2. The van der Waals surface area contributed by atoms with Crippen LogP contribution in [-0.2, 0) is 15.9 Å². The summed E-state index contributed by atoms with van der Waals surface area (Å²) in [7, 11) is 2.54. The van der Waals surface area contributed by atoms with E-state index in [-0.39, 0.29) is 6.61 Å². The molecule has 0 aliphatic heterocycles. The Morgan fingerprint density at radius 1 is 1.05 bits per heavy atom. The number of hydrogen-bond acceptors (Lipinski definition) is 5. The molecule has 112 valence electrons. The quantitative estimate of drug-likeness (QED) is 0.824. The third kappa shape index (κ3) is 3.65. The molecule has 0 bridgehead atoms. The van der Waals surface area contributed by atoms with Crippen LogP contribution in [0.3, 0.4) is 0 Å². The molecule has 0 spiro atoms. The number of nitriles is 1. The molecule has 0 aromatic heterocycles. The molecule has 0 aliphatic carbocycles. The highest BCUT2D eigenvalue weighted by Crippen LogP contribution is 2.22. The normalized spacial score (nSPS) is 10.1. The van der Waals surface area contributed by atoms with Gasteiger partial charge in [-0.3, -0.25) is 0 Å². The highest BCUT2D eigenvalue weighted by molar-refractivity contribution is 6.61. The third-order valence-corrected chi connectivity index (χ3v) is 3.19. The monoisotopic (exact) mass is 297 g/mol. The Morgan fingerprint density at radius 2 is 1.68 bits per heavy atom. The highest BCUT2D eigenvalue weighted by atomic mass is 16.6. The maximum absolute atomic E-state index is 9.51. The molecule has 1 N–H and O–H groups in total. The van der Waals surface area contributed by atoms with Crippen molar-refractivity contribution in [2.45, 2.75) is 6.61 Å². The van der Waals surface area contributed by atoms with E-state index in [4.69, 9.17) is 19.3 Å². The van der Waals surface area contributed by atoms with Crippen molar-refractivity contribution in [3.8, 4) is 17.6 Å². The second-order valence-electron chi connectivity index (χ2n) is 4.56. The standard InChI is InChI=1S/C16H16BNO4/c1-20-17(21-2)16-8-7-15(9-13(16)11-19)22-14-5-3-12(10-18)4-6-14/h3-9,19H,11H2,1-2H3. The van der Waals surface area contributed by atoms with E-state index >= 15 is 0 Å². The summed E-state index contributed by atoms with van der Waals surface area (Å²) in [5, 5.41) is 18.3. The fourth-order valence-corrected chi connectivity index (χ4v) is 2.10. The van der Waals surface area contributed by atoms with Crippen molar-refractivity contribution in [2.24, 2.45) is 0 Å². The van der Waals surface area contributed by atoms with Crippen LogP contribution < -0.4 is 10.2 Å². The zero-order chi connectivity index (χ0) is 15.9. The van der Waals surface area contributed by atoms with Gasteiger partial charge in [-0.25, -0.2) is 0 Å². The molecule has 0 unspecified atom stereocenters. The van der Waals surface area contributed by atoms with Gasteiger partial charge in [0.25, 0.3) is 0 Å². The topological polar surface area (TPSA) is 71.7 Å². The number of hydrogen-bond donors (Lipinski definition) is 1. The number of nitrogens with zero attached hydrogens (tertiary/aromatic N) is 1. The van der Waals surface area contributed by atoms with E-state index in [1.165, 1.54) is 14.2 Å². The molecule has 6 heteroatoms. The van der Waals surface area contributed by atoms with Crippen LogP contribution >= 0.6 is 0 Å². The number of ether oxygens (including phenoxy) is 1. The molecule has 0 saturated heterocycles. The van der Waals surface area contributed by atoms with Gasteiger partial charge < -0.3 is 19.2 Å². The molecule has 2 rings (SSSR count). The summed E-state index contributed by atoms with van der Waals surface area (Å²) >= 11 is 0. The van der Waals surface area contributed by atoms with E-state index in [1.807, 2.05) is 0 Å². The Labute approximate surface area is 129 Å². The Balaban J connectivity index is 2.23. The van der Waals surface area contributed by atoms with Crippen LogP contribution in [0.1, 0.15) is 11.1 Å². The highest BCUT2D eigenvalue weighted by Gasteiger charge is 2.21. The minimum absolute atomic E-state index is 0.150. The first-order valence-electron chi connectivity index (χ1n) is 6.69. The van der Waals surface area contributed by atoms with Crippen molar-refractivity contribution in [1.82, 2.24) is 0 Å². The fraction of sp³-hybridized carbons (Fsp3) is 0.188. The van der Waals surface area contributed by atoms with Crippen molar-refractivity contribution in [1.29, 1.82) is 5.26 Å². The SMILES string of the molecule is COB(OC)c1ccc(Oc2ccc(C#N)cc2)cc1CO. The van der Waals surface area contributed by atoms with Crippen LogP contribution in [0.15, 0.2) is 42.5 Å². The minimum atomic E-state index is -0.536. The minimum Gasteiger partial charge on any atom is -0.457 e. The average Bonchev–Trinajstić information content (AvgIpc) is 2.57. The van der Waals surface area contributed by atoms with Crippen molar-refractivity contribution in [2.75, 3.05) is 14.2 Å². The van der Waals surface area contributed by atoms with Crippen molar-refractivity contribution >= 4 is 12.6 Å². The van der Waals surface area contributed by atoms with Gasteiger partial charge in [0.2, 0.25) is 0 Å². The van der Waals surface area contributed by atoms with E-state index < -0.39 is 7.12 Å². The van der Waals surface area contributed by atoms with E-state index in [0.29, 0.717) is 22.6 Å². The molecule has 0 atom stereocenters. The van der Waals surface area contributed by atoms with Crippen LogP contribution in [-0.4, -0.2) is 26.4 Å². The Bertz CT molecular complexity index is 663. The Morgan fingerprint density at radius 3 is 2.23 bits per heavy atom. The Kier molecular flexibility index (Phi) is 5.56. The first kappa shape index (κ1) is 16.1. The van der Waals surface area contributed by atoms with Crippen LogP contribution in [0.2, 0.25) is 0 Å². The van der Waals surface area contributed by atoms with Gasteiger partial charge in [-0.1, -0.05) is 6.07 Å². The van der Waals surface area contributed by atoms with Gasteiger partial charge in [-0.05, 0) is 47.4 Å². The molecule has 0 heterocycles. The summed E-state index contributed by atoms with van der Waals surface area (Å²) in [5.74, 6) is 1.20. The molecule has 22 heavy (non-hydrogen) atoms. The maximum Gasteiger partial charge on any atom is 0.493 e. The third-order valence-electron chi connectivity index (χ3n) is 3.19. The molecular weight excluding hydrogens is 281 g/mol. The zero-order valence-corrected chi connectivity index (χ0v) is 12.4. The Hall–Kier alpha value is -2.33. The number of rotatable bonds is 6. The van der Waals surface area contributed by atoms with E-state index in [9.17, 15) is 5.11 Å². The van der Waals surface area contributed by atoms with Crippen LogP contribution in [0.25, 0.3) is 0 Å². The van der Waals surface area contributed by atoms with Gasteiger partial charge in [0.05, 0.1) is 18.2 Å². The second-order valence-corrected chi connectivity index (χ2v) is 4.56. The van der Waals surface area contributed by atoms with Crippen LogP contribution in [0.4, 0.5) is 0 Å². The van der Waals surface area contributed by atoms with Crippen molar-refractivity contribution in [3.63, 3.8) is 0 Å². The fourth-order valence-electron chi connectivity index (χ4n) is 2.10. The van der Waals surface area contributed by atoms with Crippen LogP contribution in [0, 0.1) is 11.3 Å². The van der Waals surface area contributed by atoms with Crippen molar-refractivity contribution in [3.05, 3.63) is 53.6 Å². The maximum atomic E-state index is 9.51. The first-order valence-corrected chi connectivity index (χ1v) is 6.69. The van der Waals surface area contributed by atoms with E-state index in [0.717, 1.165) is 5.46 Å². The second kappa shape index (κ2) is 7.62. The lowest BCUT2D eigenvalue weighted by Gasteiger charge is -2.14. The van der Waals surface area contributed by atoms with Gasteiger partial charge in [0.1, 0.15) is 11.5 Å². The predicted molar refractivity (Wildman–Crippen MR) is 83.0 cm³/mol. The summed E-state index contributed by atoms with van der Waals surface area (Å²) in [4.78, 5) is 0. The lowest BCUT2D eigenvalue weighted by molar-refractivity contribution is 0.276. The summed E-state index contributed by atoms with van der Waals surface area (Å²) in [6.07, 6.45) is 0. The lowest BCUT2D eigenvalue weighted by atomic mass is 9.76. The molecule has 0 aliphatic rings. The molecule has 0 amide bonds. The van der Waals surface area contributed by atoms with Gasteiger partial charge in [-0.15, -0.1) is 0 Å². The first-order chi connectivity index (χ1) is 10.7. The molecule has 0 radical (unpaired) electrons. The summed E-state index contributed by atoms with van der Waals surface area (Å²) in [6.45, 7) is -0.150. The van der Waals surface area contributed by atoms with Crippen LogP contribution in [0.5, 0.6) is 11.5 Å². The number of aliphatic hydroxyl groups is 1. The largest absolute Gasteiger partial charge is 0.493 e. The predicted octanol–water partition coefficient (Wildman–Crippen LogP) is 1.83. The zero-order valence-electron chi connectivity index (χ0n) is 12.4. The summed E-state index contributed by atoms with van der Waals surface area (Å²) in [6, 6.07) is 14.2. The average molecular weight is 297 g/mol. The summed E-state index contributed by atoms with van der Waals surface area (Å²) < 4.78 is 16.1.